The molecule has 1 aliphatic rings. The lowest BCUT2D eigenvalue weighted by Crippen LogP contribution is -2.53. The van der Waals surface area contributed by atoms with Crippen LogP contribution in [-0.2, 0) is 22.6 Å². The first-order valence-electron chi connectivity index (χ1n) is 9.54. The maximum Gasteiger partial charge on any atom is 0.246 e. The molecule has 3 rings (SSSR count). The second-order valence-corrected chi connectivity index (χ2v) is 8.09. The van der Waals surface area contributed by atoms with Gasteiger partial charge in [0.05, 0.1) is 6.04 Å². The van der Waals surface area contributed by atoms with Gasteiger partial charge in [0, 0.05) is 12.2 Å². The molecule has 0 spiro atoms. The summed E-state index contributed by atoms with van der Waals surface area (Å²) in [5, 5.41) is 9.18. The monoisotopic (exact) mass is 433 g/mol. The number of thioether (sulfide) groups is 1. The van der Waals surface area contributed by atoms with E-state index in [9.17, 15) is 9.59 Å². The fourth-order valence-electron chi connectivity index (χ4n) is 3.37. The zero-order chi connectivity index (χ0) is 19.9. The van der Waals surface area contributed by atoms with Crippen molar-refractivity contribution in [2.75, 3.05) is 17.3 Å². The van der Waals surface area contributed by atoms with Gasteiger partial charge < -0.3 is 16.0 Å². The molecule has 0 aromatic heterocycles. The Morgan fingerprint density at radius 1 is 1.17 bits per heavy atom. The van der Waals surface area contributed by atoms with E-state index in [1.807, 2.05) is 49.6 Å². The number of carbonyl (C=O) groups is 2. The van der Waals surface area contributed by atoms with Gasteiger partial charge in [-0.25, -0.2) is 0 Å². The fraction of sp³-hybridized carbons (Fsp3) is 0.364. The highest BCUT2D eigenvalue weighted by molar-refractivity contribution is 7.98. The number of aryl methyl sites for hydroxylation is 1. The van der Waals surface area contributed by atoms with Crippen LogP contribution in [0.1, 0.15) is 23.1 Å². The molecule has 2 aromatic rings. The number of fused-ring (bicyclic) bond motifs is 1. The summed E-state index contributed by atoms with van der Waals surface area (Å²) in [5.74, 6) is 0.497. The van der Waals surface area contributed by atoms with Crippen LogP contribution in [0.5, 0.6) is 0 Å². The molecule has 3 N–H and O–H groups in total. The van der Waals surface area contributed by atoms with Crippen molar-refractivity contribution in [2.24, 2.45) is 0 Å². The molecule has 0 bridgehead atoms. The smallest absolute Gasteiger partial charge is 0.246 e. The Kier molecular flexibility index (Phi) is 9.01. The summed E-state index contributed by atoms with van der Waals surface area (Å²) in [4.78, 5) is 25.6. The Bertz CT molecular complexity index is 846. The third-order valence-corrected chi connectivity index (χ3v) is 5.57. The van der Waals surface area contributed by atoms with Gasteiger partial charge in [-0.3, -0.25) is 9.59 Å². The predicted molar refractivity (Wildman–Crippen MR) is 123 cm³/mol. The topological polar surface area (TPSA) is 70.2 Å². The van der Waals surface area contributed by atoms with Gasteiger partial charge in [-0.15, -0.1) is 12.4 Å². The minimum absolute atomic E-state index is 0. The molecular weight excluding hydrogens is 406 g/mol. The number of benzene rings is 2. The van der Waals surface area contributed by atoms with Crippen LogP contribution in [0.4, 0.5) is 5.69 Å². The molecule has 0 radical (unpaired) electrons. The maximum absolute atomic E-state index is 12.8. The zero-order valence-corrected chi connectivity index (χ0v) is 18.4. The van der Waals surface area contributed by atoms with E-state index < -0.39 is 6.04 Å². The van der Waals surface area contributed by atoms with Crippen LogP contribution in [0.3, 0.4) is 0 Å². The molecular formula is C22H28ClN3O2S. The van der Waals surface area contributed by atoms with Gasteiger partial charge in [0.2, 0.25) is 11.8 Å². The Morgan fingerprint density at radius 3 is 2.66 bits per heavy atom. The largest absolute Gasteiger partial charge is 0.343 e. The normalized spacial score (nSPS) is 16.1. The Balaban J connectivity index is 0.00000300. The van der Waals surface area contributed by atoms with Crippen LogP contribution < -0.4 is 16.0 Å². The number of hydrogen-bond donors (Lipinski definition) is 3. The van der Waals surface area contributed by atoms with Gasteiger partial charge in [-0.05, 0) is 60.6 Å². The number of amides is 2. The Labute approximate surface area is 182 Å². The first kappa shape index (κ1) is 23.3. The lowest BCUT2D eigenvalue weighted by atomic mass is 9.95. The van der Waals surface area contributed by atoms with Crippen molar-refractivity contribution in [3.05, 3.63) is 65.2 Å². The maximum atomic E-state index is 12.8. The van der Waals surface area contributed by atoms with E-state index in [1.165, 1.54) is 11.1 Å². The lowest BCUT2D eigenvalue weighted by Gasteiger charge is -2.27. The second-order valence-electron chi connectivity index (χ2n) is 7.11. The zero-order valence-electron chi connectivity index (χ0n) is 16.7. The van der Waals surface area contributed by atoms with Crippen molar-refractivity contribution in [3.8, 4) is 0 Å². The number of anilines is 1. The van der Waals surface area contributed by atoms with E-state index in [2.05, 4.69) is 28.1 Å². The number of hydrogen-bond acceptors (Lipinski definition) is 4. The van der Waals surface area contributed by atoms with E-state index in [0.29, 0.717) is 19.4 Å². The summed E-state index contributed by atoms with van der Waals surface area (Å²) >= 11 is 1.66. The molecule has 0 unspecified atom stereocenters. The van der Waals surface area contributed by atoms with Crippen LogP contribution in [0.15, 0.2) is 48.5 Å². The van der Waals surface area contributed by atoms with Crippen molar-refractivity contribution in [2.45, 2.75) is 38.4 Å². The highest BCUT2D eigenvalue weighted by atomic mass is 35.5. The van der Waals surface area contributed by atoms with Gasteiger partial charge in [0.25, 0.3) is 0 Å². The van der Waals surface area contributed by atoms with E-state index >= 15 is 0 Å². The van der Waals surface area contributed by atoms with Crippen LogP contribution in [0.2, 0.25) is 0 Å². The molecule has 2 amide bonds. The summed E-state index contributed by atoms with van der Waals surface area (Å²) in [6, 6.07) is 14.9. The van der Waals surface area contributed by atoms with Crippen molar-refractivity contribution >= 4 is 41.7 Å². The quantitative estimate of drug-likeness (QED) is 0.626. The number of carbonyl (C=O) groups excluding carboxylic acids is 2. The average Bonchev–Trinajstić information content (AvgIpc) is 2.70. The summed E-state index contributed by atoms with van der Waals surface area (Å²) < 4.78 is 0. The SMILES string of the molecule is CSCC[C@H](NC(=O)[C@@H]1Cc2ccccc2CN1)C(=O)Nc1cccc(C)c1.Cl. The third kappa shape index (κ3) is 6.49. The third-order valence-electron chi connectivity index (χ3n) is 4.93. The second kappa shape index (κ2) is 11.2. The molecule has 7 heteroatoms. The predicted octanol–water partition coefficient (Wildman–Crippen LogP) is 3.31. The molecule has 5 nitrogen and oxygen atoms in total. The molecule has 0 fully saturated rings. The van der Waals surface area contributed by atoms with Gasteiger partial charge in [-0.1, -0.05) is 36.4 Å². The molecule has 29 heavy (non-hydrogen) atoms. The van der Waals surface area contributed by atoms with Gasteiger partial charge >= 0.3 is 0 Å². The molecule has 1 aliphatic heterocycles. The standard InChI is InChI=1S/C22H27N3O2S.ClH/c1-15-6-5-9-18(12-15)24-21(26)19(10-11-28-2)25-22(27)20-13-16-7-3-4-8-17(16)14-23-20;/h3-9,12,19-20,23H,10-11,13-14H2,1-2H3,(H,24,26)(H,25,27);1H/t19-,20-;/m0./s1. The number of rotatable bonds is 7. The highest BCUT2D eigenvalue weighted by Crippen LogP contribution is 2.17. The molecule has 0 aliphatic carbocycles. The molecule has 2 aromatic carbocycles. The molecule has 0 saturated heterocycles. The highest BCUT2D eigenvalue weighted by Gasteiger charge is 2.28. The van der Waals surface area contributed by atoms with Crippen LogP contribution >= 0.6 is 24.2 Å². The molecule has 2 atom stereocenters. The summed E-state index contributed by atoms with van der Waals surface area (Å²) in [5.41, 5.74) is 4.24. The number of nitrogens with one attached hydrogen (secondary N) is 3. The van der Waals surface area contributed by atoms with Gasteiger partial charge in [0.15, 0.2) is 0 Å². The minimum Gasteiger partial charge on any atom is -0.343 e. The first-order chi connectivity index (χ1) is 13.6. The van der Waals surface area contributed by atoms with Crippen molar-refractivity contribution in [1.82, 2.24) is 10.6 Å². The Morgan fingerprint density at radius 2 is 1.93 bits per heavy atom. The van der Waals surface area contributed by atoms with E-state index in [0.717, 1.165) is 17.0 Å². The summed E-state index contributed by atoms with van der Waals surface area (Å²) in [6.45, 7) is 2.65. The van der Waals surface area contributed by atoms with Crippen molar-refractivity contribution in [1.29, 1.82) is 0 Å². The average molecular weight is 434 g/mol. The minimum atomic E-state index is -0.556. The van der Waals surface area contributed by atoms with Crippen LogP contribution in [0.25, 0.3) is 0 Å². The van der Waals surface area contributed by atoms with Crippen molar-refractivity contribution < 1.29 is 9.59 Å². The van der Waals surface area contributed by atoms with Gasteiger partial charge in [0.1, 0.15) is 6.04 Å². The lowest BCUT2D eigenvalue weighted by molar-refractivity contribution is -0.128. The van der Waals surface area contributed by atoms with Crippen molar-refractivity contribution in [3.63, 3.8) is 0 Å². The summed E-state index contributed by atoms with van der Waals surface area (Å²) in [6.07, 6.45) is 3.22. The van der Waals surface area contributed by atoms with E-state index in [1.54, 1.807) is 11.8 Å². The molecule has 156 valence electrons. The summed E-state index contributed by atoms with van der Waals surface area (Å²) in [7, 11) is 0. The first-order valence-corrected chi connectivity index (χ1v) is 10.9. The van der Waals surface area contributed by atoms with Crippen LogP contribution in [-0.4, -0.2) is 35.9 Å². The van der Waals surface area contributed by atoms with E-state index in [4.69, 9.17) is 0 Å². The number of halogens is 1. The van der Waals surface area contributed by atoms with Gasteiger partial charge in [-0.2, -0.15) is 11.8 Å². The fourth-order valence-corrected chi connectivity index (χ4v) is 3.84. The molecule has 1 heterocycles. The van der Waals surface area contributed by atoms with E-state index in [-0.39, 0.29) is 30.3 Å². The van der Waals surface area contributed by atoms with Crippen LogP contribution in [0, 0.1) is 6.92 Å². The molecule has 0 saturated carbocycles. The Hall–Kier alpha value is -2.02.